The number of hydrogen-bond acceptors (Lipinski definition) is 5. The number of carbonyl (C=O) groups excluding carboxylic acids is 1. The number of para-hydroxylation sites is 1. The number of benzene rings is 1. The molecule has 1 saturated carbocycles. The minimum Gasteiger partial charge on any atom is -0.353 e. The lowest BCUT2D eigenvalue weighted by Crippen LogP contribution is -2.37. The number of aryl methyl sites for hydroxylation is 1. The van der Waals surface area contributed by atoms with E-state index in [0.29, 0.717) is 21.3 Å². The van der Waals surface area contributed by atoms with Crippen LogP contribution in [0.3, 0.4) is 0 Å². The van der Waals surface area contributed by atoms with Gasteiger partial charge in [0.15, 0.2) is 5.16 Å². The number of thioether (sulfide) groups is 1. The molecule has 5 nitrogen and oxygen atoms in total. The third-order valence-corrected chi connectivity index (χ3v) is 8.78. The topological polar surface area (TPSA) is 64.0 Å². The van der Waals surface area contributed by atoms with E-state index in [4.69, 9.17) is 4.98 Å². The zero-order valence-electron chi connectivity index (χ0n) is 18.7. The van der Waals surface area contributed by atoms with E-state index < -0.39 is 5.82 Å². The van der Waals surface area contributed by atoms with Gasteiger partial charge in [-0.1, -0.05) is 50.1 Å². The van der Waals surface area contributed by atoms with Gasteiger partial charge in [-0.2, -0.15) is 0 Å². The Morgan fingerprint density at radius 3 is 2.82 bits per heavy atom. The highest BCUT2D eigenvalue weighted by Crippen LogP contribution is 2.37. The third kappa shape index (κ3) is 4.60. The Kier molecular flexibility index (Phi) is 6.56. The van der Waals surface area contributed by atoms with Gasteiger partial charge < -0.3 is 5.32 Å². The van der Waals surface area contributed by atoms with Gasteiger partial charge in [0, 0.05) is 10.9 Å². The summed E-state index contributed by atoms with van der Waals surface area (Å²) in [6, 6.07) is 6.48. The van der Waals surface area contributed by atoms with Crippen LogP contribution in [0.5, 0.6) is 0 Å². The predicted octanol–water partition coefficient (Wildman–Crippen LogP) is 5.25. The number of hydrogen-bond donors (Lipinski definition) is 1. The molecule has 0 bridgehead atoms. The zero-order valence-corrected chi connectivity index (χ0v) is 20.4. The van der Waals surface area contributed by atoms with Crippen molar-refractivity contribution in [3.05, 3.63) is 50.9 Å². The van der Waals surface area contributed by atoms with E-state index in [0.717, 1.165) is 50.5 Å². The Labute approximate surface area is 200 Å². The van der Waals surface area contributed by atoms with E-state index in [-0.39, 0.29) is 28.9 Å². The Balaban J connectivity index is 1.52. The summed E-state index contributed by atoms with van der Waals surface area (Å²) in [4.78, 5) is 33.1. The van der Waals surface area contributed by atoms with Crippen LogP contribution in [-0.4, -0.2) is 27.3 Å². The van der Waals surface area contributed by atoms with Crippen molar-refractivity contribution in [1.29, 1.82) is 0 Å². The van der Waals surface area contributed by atoms with Gasteiger partial charge in [-0.25, -0.2) is 9.37 Å². The second-order valence-corrected chi connectivity index (χ2v) is 11.2. The predicted molar refractivity (Wildman–Crippen MR) is 132 cm³/mol. The number of thiophene rings is 1. The Morgan fingerprint density at radius 2 is 2.03 bits per heavy atom. The lowest BCUT2D eigenvalue weighted by molar-refractivity contribution is -0.119. The molecule has 2 aliphatic carbocycles. The van der Waals surface area contributed by atoms with Gasteiger partial charge in [0.2, 0.25) is 5.91 Å². The average Bonchev–Trinajstić information content (AvgIpc) is 3.17. The summed E-state index contributed by atoms with van der Waals surface area (Å²) in [6.45, 7) is 2.23. The number of nitrogens with one attached hydrogen (secondary N) is 1. The molecule has 2 aliphatic rings. The monoisotopic (exact) mass is 485 g/mol. The molecule has 0 saturated heterocycles. The fourth-order valence-corrected chi connectivity index (χ4v) is 7.20. The molecular weight excluding hydrogens is 457 g/mol. The molecule has 8 heteroatoms. The molecule has 33 heavy (non-hydrogen) atoms. The number of aromatic nitrogens is 2. The Hall–Kier alpha value is -2.19. The van der Waals surface area contributed by atoms with Crippen molar-refractivity contribution in [2.45, 2.75) is 69.5 Å². The average molecular weight is 486 g/mol. The quantitative estimate of drug-likeness (QED) is 0.396. The highest BCUT2D eigenvalue weighted by molar-refractivity contribution is 7.99. The summed E-state index contributed by atoms with van der Waals surface area (Å²) in [5, 5.41) is 4.09. The second-order valence-electron chi connectivity index (χ2n) is 9.21. The third-order valence-electron chi connectivity index (χ3n) is 6.69. The van der Waals surface area contributed by atoms with Gasteiger partial charge in [0.25, 0.3) is 5.56 Å². The molecule has 174 valence electrons. The van der Waals surface area contributed by atoms with Gasteiger partial charge in [0.1, 0.15) is 10.6 Å². The minimum atomic E-state index is -0.480. The molecule has 3 aromatic rings. The van der Waals surface area contributed by atoms with Crippen LogP contribution >= 0.6 is 23.1 Å². The van der Waals surface area contributed by atoms with Crippen LogP contribution in [0.15, 0.2) is 34.2 Å². The molecule has 0 spiro atoms. The standard InChI is InChI=1S/C25H28FN3O2S2/c1-15-11-12-17-20(13-15)33-23-22(17)24(31)29(19-10-6-5-9-18(19)26)25(28-23)32-14-21(30)27-16-7-3-2-4-8-16/h5-6,9-10,15-16H,2-4,7-8,11-14H2,1H3,(H,27,30). The van der Waals surface area contributed by atoms with Crippen molar-refractivity contribution in [2.75, 3.05) is 5.75 Å². The van der Waals surface area contributed by atoms with E-state index in [9.17, 15) is 14.0 Å². The van der Waals surface area contributed by atoms with Crippen LogP contribution in [-0.2, 0) is 17.6 Å². The molecule has 0 aliphatic heterocycles. The maximum atomic E-state index is 14.8. The second kappa shape index (κ2) is 9.58. The normalized spacial score (nSPS) is 18.9. The van der Waals surface area contributed by atoms with Crippen LogP contribution in [0.4, 0.5) is 4.39 Å². The number of rotatable bonds is 5. The van der Waals surface area contributed by atoms with E-state index in [1.165, 1.54) is 33.7 Å². The first-order chi connectivity index (χ1) is 16.0. The molecule has 0 radical (unpaired) electrons. The Morgan fingerprint density at radius 1 is 1.24 bits per heavy atom. The number of nitrogens with zero attached hydrogens (tertiary/aromatic N) is 2. The van der Waals surface area contributed by atoms with Gasteiger partial charge >= 0.3 is 0 Å². The summed E-state index contributed by atoms with van der Waals surface area (Å²) in [5.74, 6) is 0.176. The van der Waals surface area contributed by atoms with E-state index >= 15 is 0 Å². The number of carbonyl (C=O) groups is 1. The van der Waals surface area contributed by atoms with Crippen molar-refractivity contribution in [3.63, 3.8) is 0 Å². The molecule has 1 aromatic carbocycles. The summed E-state index contributed by atoms with van der Waals surface area (Å²) in [6.07, 6.45) is 8.37. The number of amides is 1. The SMILES string of the molecule is CC1CCc2c(sc3nc(SCC(=O)NC4CCCCC4)n(-c4ccccc4F)c(=O)c23)C1. The van der Waals surface area contributed by atoms with Crippen LogP contribution in [0.25, 0.3) is 15.9 Å². The smallest absolute Gasteiger partial charge is 0.267 e. The van der Waals surface area contributed by atoms with Gasteiger partial charge in [-0.15, -0.1) is 11.3 Å². The number of halogens is 1. The highest BCUT2D eigenvalue weighted by atomic mass is 32.2. The summed E-state index contributed by atoms with van der Waals surface area (Å²) < 4.78 is 16.1. The first kappa shape index (κ1) is 22.6. The van der Waals surface area contributed by atoms with Crippen molar-refractivity contribution in [3.8, 4) is 5.69 Å². The molecule has 1 fully saturated rings. The van der Waals surface area contributed by atoms with Crippen molar-refractivity contribution < 1.29 is 9.18 Å². The minimum absolute atomic E-state index is 0.0689. The Bertz CT molecular complexity index is 1250. The van der Waals surface area contributed by atoms with Crippen LogP contribution in [0.1, 0.15) is 55.9 Å². The summed E-state index contributed by atoms with van der Waals surface area (Å²) in [7, 11) is 0. The molecule has 1 atom stereocenters. The molecule has 2 heterocycles. The van der Waals surface area contributed by atoms with Gasteiger partial charge in [-0.3, -0.25) is 14.2 Å². The van der Waals surface area contributed by atoms with Crippen molar-refractivity contribution >= 4 is 39.2 Å². The maximum Gasteiger partial charge on any atom is 0.267 e. The lowest BCUT2D eigenvalue weighted by atomic mass is 9.89. The molecule has 5 rings (SSSR count). The first-order valence-electron chi connectivity index (χ1n) is 11.8. The maximum absolute atomic E-state index is 14.8. The van der Waals surface area contributed by atoms with E-state index in [1.54, 1.807) is 29.5 Å². The first-order valence-corrected chi connectivity index (χ1v) is 13.6. The van der Waals surface area contributed by atoms with Crippen LogP contribution in [0.2, 0.25) is 0 Å². The molecule has 2 aromatic heterocycles. The molecule has 1 amide bonds. The van der Waals surface area contributed by atoms with Crippen molar-refractivity contribution in [2.24, 2.45) is 5.92 Å². The van der Waals surface area contributed by atoms with Crippen molar-refractivity contribution in [1.82, 2.24) is 14.9 Å². The molecule has 1 N–H and O–H groups in total. The van der Waals surface area contributed by atoms with E-state index in [1.807, 2.05) is 0 Å². The summed E-state index contributed by atoms with van der Waals surface area (Å²) >= 11 is 2.77. The van der Waals surface area contributed by atoms with E-state index in [2.05, 4.69) is 12.2 Å². The summed E-state index contributed by atoms with van der Waals surface area (Å²) in [5.41, 5.74) is 1.01. The lowest BCUT2D eigenvalue weighted by Gasteiger charge is -2.22. The van der Waals surface area contributed by atoms with Gasteiger partial charge in [0.05, 0.1) is 16.8 Å². The van der Waals surface area contributed by atoms with Crippen LogP contribution < -0.4 is 10.9 Å². The number of fused-ring (bicyclic) bond motifs is 3. The highest BCUT2D eigenvalue weighted by Gasteiger charge is 2.26. The zero-order chi connectivity index (χ0) is 22.9. The largest absolute Gasteiger partial charge is 0.353 e. The van der Waals surface area contributed by atoms with Gasteiger partial charge in [-0.05, 0) is 55.7 Å². The fourth-order valence-electron chi connectivity index (χ4n) is 4.96. The fraction of sp³-hybridized carbons (Fsp3) is 0.480. The molecular formula is C25H28FN3O2S2. The van der Waals surface area contributed by atoms with Crippen LogP contribution in [0, 0.1) is 11.7 Å². The molecule has 1 unspecified atom stereocenters.